The summed E-state index contributed by atoms with van der Waals surface area (Å²) in [5.41, 5.74) is 2.19. The molecule has 0 aliphatic carbocycles. The number of aryl methyl sites for hydroxylation is 2. The van der Waals surface area contributed by atoms with Gasteiger partial charge in [-0.25, -0.2) is 4.79 Å². The fourth-order valence-electron chi connectivity index (χ4n) is 1.93. The first-order valence-corrected chi connectivity index (χ1v) is 7.27. The molecule has 0 radical (unpaired) electrons. The van der Waals surface area contributed by atoms with Gasteiger partial charge in [0.25, 0.3) is 5.91 Å². The minimum Gasteiger partial charge on any atom is -0.484 e. The van der Waals surface area contributed by atoms with Crippen molar-refractivity contribution in [1.29, 1.82) is 0 Å². The van der Waals surface area contributed by atoms with Crippen molar-refractivity contribution in [2.45, 2.75) is 13.8 Å². The van der Waals surface area contributed by atoms with Gasteiger partial charge in [0.2, 0.25) is 0 Å². The number of hydrogen-bond donors (Lipinski definition) is 2. The average Bonchev–Trinajstić information content (AvgIpc) is 2.50. The van der Waals surface area contributed by atoms with Crippen LogP contribution in [0.5, 0.6) is 5.75 Å². The van der Waals surface area contributed by atoms with E-state index in [9.17, 15) is 9.59 Å². The van der Waals surface area contributed by atoms with E-state index in [0.29, 0.717) is 16.5 Å². The standard InChI is InChI=1S/C17H16ClNO4/c1-10-3-4-12(17(21)22)8-15(10)19-16(20)9-23-13-5-6-14(18)11(2)7-13/h3-8H,9H2,1-2H3,(H,19,20)(H,21,22). The first-order valence-electron chi connectivity index (χ1n) is 6.89. The number of hydrogen-bond acceptors (Lipinski definition) is 3. The molecule has 2 aromatic carbocycles. The number of carbonyl (C=O) groups excluding carboxylic acids is 1. The Labute approximate surface area is 138 Å². The van der Waals surface area contributed by atoms with Crippen LogP contribution in [-0.4, -0.2) is 23.6 Å². The van der Waals surface area contributed by atoms with Gasteiger partial charge < -0.3 is 15.2 Å². The number of halogens is 1. The lowest BCUT2D eigenvalue weighted by molar-refractivity contribution is -0.118. The summed E-state index contributed by atoms with van der Waals surface area (Å²) in [6.45, 7) is 3.44. The highest BCUT2D eigenvalue weighted by Crippen LogP contribution is 2.21. The molecule has 0 saturated carbocycles. The second-order valence-corrected chi connectivity index (χ2v) is 5.49. The summed E-state index contributed by atoms with van der Waals surface area (Å²) >= 11 is 5.93. The van der Waals surface area contributed by atoms with Gasteiger partial charge in [0.1, 0.15) is 5.75 Å². The zero-order valence-electron chi connectivity index (χ0n) is 12.7. The van der Waals surface area contributed by atoms with Gasteiger partial charge in [0.15, 0.2) is 6.61 Å². The number of ether oxygens (including phenoxy) is 1. The van der Waals surface area contributed by atoms with E-state index < -0.39 is 5.97 Å². The van der Waals surface area contributed by atoms with Gasteiger partial charge >= 0.3 is 5.97 Å². The minimum atomic E-state index is -1.05. The third-order valence-corrected chi connectivity index (χ3v) is 3.68. The summed E-state index contributed by atoms with van der Waals surface area (Å²) in [7, 11) is 0. The van der Waals surface area contributed by atoms with Crippen LogP contribution in [0.15, 0.2) is 36.4 Å². The third-order valence-electron chi connectivity index (χ3n) is 3.26. The van der Waals surface area contributed by atoms with Gasteiger partial charge in [-0.15, -0.1) is 0 Å². The highest BCUT2D eigenvalue weighted by molar-refractivity contribution is 6.31. The van der Waals surface area contributed by atoms with E-state index >= 15 is 0 Å². The maximum Gasteiger partial charge on any atom is 0.335 e. The van der Waals surface area contributed by atoms with Crippen LogP contribution in [0.3, 0.4) is 0 Å². The number of carboxylic acid groups (broad SMARTS) is 1. The van der Waals surface area contributed by atoms with Crippen LogP contribution in [0.25, 0.3) is 0 Å². The Balaban J connectivity index is 2.00. The molecule has 2 rings (SSSR count). The monoisotopic (exact) mass is 333 g/mol. The number of carbonyl (C=O) groups is 2. The Morgan fingerprint density at radius 3 is 2.52 bits per heavy atom. The maximum atomic E-state index is 12.0. The third kappa shape index (κ3) is 4.47. The first-order chi connectivity index (χ1) is 10.9. The van der Waals surface area contributed by atoms with Crippen molar-refractivity contribution >= 4 is 29.2 Å². The fourth-order valence-corrected chi connectivity index (χ4v) is 2.05. The van der Waals surface area contributed by atoms with Crippen molar-refractivity contribution in [2.75, 3.05) is 11.9 Å². The van der Waals surface area contributed by atoms with Gasteiger partial charge in [-0.2, -0.15) is 0 Å². The number of rotatable bonds is 5. The predicted molar refractivity (Wildman–Crippen MR) is 88.5 cm³/mol. The molecular formula is C17H16ClNO4. The molecule has 0 aromatic heterocycles. The zero-order chi connectivity index (χ0) is 17.0. The zero-order valence-corrected chi connectivity index (χ0v) is 13.5. The van der Waals surface area contributed by atoms with E-state index in [0.717, 1.165) is 11.1 Å². The van der Waals surface area contributed by atoms with Crippen LogP contribution in [0, 0.1) is 13.8 Å². The summed E-state index contributed by atoms with van der Waals surface area (Å²) in [6, 6.07) is 9.67. The van der Waals surface area contributed by atoms with E-state index in [4.69, 9.17) is 21.4 Å². The Bertz CT molecular complexity index is 758. The Kier molecular flexibility index (Phi) is 5.24. The molecule has 0 spiro atoms. The summed E-state index contributed by atoms with van der Waals surface area (Å²) in [6.07, 6.45) is 0. The molecule has 120 valence electrons. The second-order valence-electron chi connectivity index (χ2n) is 5.08. The fraction of sp³-hybridized carbons (Fsp3) is 0.176. The van der Waals surface area contributed by atoms with Gasteiger partial charge in [-0.3, -0.25) is 4.79 Å². The Morgan fingerprint density at radius 1 is 1.13 bits per heavy atom. The summed E-state index contributed by atoms with van der Waals surface area (Å²) < 4.78 is 5.41. The molecule has 0 bridgehead atoms. The van der Waals surface area contributed by atoms with Crippen LogP contribution in [0.1, 0.15) is 21.5 Å². The van der Waals surface area contributed by atoms with Crippen LogP contribution in [0.4, 0.5) is 5.69 Å². The number of aromatic carboxylic acids is 1. The van der Waals surface area contributed by atoms with Gasteiger partial charge in [-0.05, 0) is 55.3 Å². The largest absolute Gasteiger partial charge is 0.484 e. The second kappa shape index (κ2) is 7.15. The number of amides is 1. The number of carboxylic acids is 1. The quantitative estimate of drug-likeness (QED) is 0.875. The number of anilines is 1. The lowest BCUT2D eigenvalue weighted by Crippen LogP contribution is -2.21. The van der Waals surface area contributed by atoms with E-state index in [1.54, 1.807) is 31.2 Å². The Hall–Kier alpha value is -2.53. The molecule has 2 N–H and O–H groups in total. The van der Waals surface area contributed by atoms with Crippen molar-refractivity contribution < 1.29 is 19.4 Å². The molecule has 0 unspecified atom stereocenters. The average molecular weight is 334 g/mol. The summed E-state index contributed by atoms with van der Waals surface area (Å²) in [4.78, 5) is 22.9. The summed E-state index contributed by atoms with van der Waals surface area (Å²) in [5.74, 6) is -0.880. The predicted octanol–water partition coefficient (Wildman–Crippen LogP) is 3.67. The molecule has 0 fully saturated rings. The maximum absolute atomic E-state index is 12.0. The van der Waals surface area contributed by atoms with E-state index in [-0.39, 0.29) is 18.1 Å². The number of benzene rings is 2. The molecule has 0 saturated heterocycles. The van der Waals surface area contributed by atoms with E-state index in [1.165, 1.54) is 12.1 Å². The molecule has 5 nitrogen and oxygen atoms in total. The van der Waals surface area contributed by atoms with Gasteiger partial charge in [0, 0.05) is 10.7 Å². The molecule has 2 aromatic rings. The van der Waals surface area contributed by atoms with Crippen molar-refractivity contribution in [3.63, 3.8) is 0 Å². The lowest BCUT2D eigenvalue weighted by Gasteiger charge is -2.11. The first kappa shape index (κ1) is 16.8. The van der Waals surface area contributed by atoms with Gasteiger partial charge in [-0.1, -0.05) is 17.7 Å². The molecule has 1 amide bonds. The highest BCUT2D eigenvalue weighted by atomic mass is 35.5. The molecule has 6 heteroatoms. The van der Waals surface area contributed by atoms with Crippen LogP contribution in [-0.2, 0) is 4.79 Å². The van der Waals surface area contributed by atoms with Crippen molar-refractivity contribution in [1.82, 2.24) is 0 Å². The van der Waals surface area contributed by atoms with Gasteiger partial charge in [0.05, 0.1) is 5.56 Å². The Morgan fingerprint density at radius 2 is 1.87 bits per heavy atom. The highest BCUT2D eigenvalue weighted by Gasteiger charge is 2.10. The van der Waals surface area contributed by atoms with Crippen molar-refractivity contribution in [3.05, 3.63) is 58.1 Å². The molecule has 0 aliphatic rings. The van der Waals surface area contributed by atoms with E-state index in [2.05, 4.69) is 5.32 Å². The van der Waals surface area contributed by atoms with Crippen LogP contribution < -0.4 is 10.1 Å². The topological polar surface area (TPSA) is 75.6 Å². The minimum absolute atomic E-state index is 0.111. The molecule has 0 heterocycles. The molecule has 23 heavy (non-hydrogen) atoms. The molecular weight excluding hydrogens is 318 g/mol. The smallest absolute Gasteiger partial charge is 0.335 e. The van der Waals surface area contributed by atoms with Crippen LogP contribution in [0.2, 0.25) is 5.02 Å². The van der Waals surface area contributed by atoms with Crippen molar-refractivity contribution in [3.8, 4) is 5.75 Å². The molecule has 0 atom stereocenters. The summed E-state index contributed by atoms with van der Waals surface area (Å²) in [5, 5.41) is 12.3. The van der Waals surface area contributed by atoms with Crippen molar-refractivity contribution in [2.24, 2.45) is 0 Å². The normalized spacial score (nSPS) is 10.2. The SMILES string of the molecule is Cc1cc(OCC(=O)Nc2cc(C(=O)O)ccc2C)ccc1Cl. The lowest BCUT2D eigenvalue weighted by atomic mass is 10.1. The van der Waals surface area contributed by atoms with Crippen LogP contribution >= 0.6 is 11.6 Å². The molecule has 0 aliphatic heterocycles. The van der Waals surface area contributed by atoms with E-state index in [1.807, 2.05) is 6.92 Å². The number of nitrogens with one attached hydrogen (secondary N) is 1.